The number of anilines is 1. The van der Waals surface area contributed by atoms with Crippen LogP contribution < -0.4 is 4.90 Å². The summed E-state index contributed by atoms with van der Waals surface area (Å²) in [5.74, 6) is -0.293. The molecule has 0 amide bonds. The molecule has 1 saturated heterocycles. The van der Waals surface area contributed by atoms with Crippen LogP contribution in [0.5, 0.6) is 0 Å². The molecule has 1 aromatic carbocycles. The fourth-order valence-corrected chi connectivity index (χ4v) is 3.20. The normalized spacial score (nSPS) is 18.3. The minimum atomic E-state index is -0.471. The van der Waals surface area contributed by atoms with Gasteiger partial charge in [-0.25, -0.2) is 18.7 Å². The number of halogens is 2. The third-order valence-electron chi connectivity index (χ3n) is 4.23. The topological polar surface area (TPSA) is 44.8 Å². The van der Waals surface area contributed by atoms with Gasteiger partial charge in [-0.1, -0.05) is 6.07 Å². The second-order valence-electron chi connectivity index (χ2n) is 5.50. The molecule has 3 heterocycles. The monoisotopic (exact) mass is 300 g/mol. The SMILES string of the molecule is Fc1cccc(F)c1[C@H]1CCN(c2ncnc3[nH]ccc23)C1. The van der Waals surface area contributed by atoms with E-state index in [-0.39, 0.29) is 11.5 Å². The van der Waals surface area contributed by atoms with Crippen LogP contribution in [0, 0.1) is 11.6 Å². The standard InChI is InChI=1S/C16H14F2N4/c17-12-2-1-3-13(18)14(12)10-5-7-22(8-10)16-11-4-6-19-15(11)20-9-21-16/h1-4,6,9-10H,5,7-8H2,(H,19,20,21)/t10-/m0/s1. The van der Waals surface area contributed by atoms with Crippen molar-refractivity contribution in [1.29, 1.82) is 0 Å². The fourth-order valence-electron chi connectivity index (χ4n) is 3.20. The van der Waals surface area contributed by atoms with E-state index < -0.39 is 11.6 Å². The summed E-state index contributed by atoms with van der Waals surface area (Å²) in [6.45, 7) is 1.27. The summed E-state index contributed by atoms with van der Waals surface area (Å²) in [6, 6.07) is 5.95. The van der Waals surface area contributed by atoms with Crippen molar-refractivity contribution < 1.29 is 8.78 Å². The van der Waals surface area contributed by atoms with E-state index in [4.69, 9.17) is 0 Å². The molecule has 4 rings (SSSR count). The largest absolute Gasteiger partial charge is 0.355 e. The van der Waals surface area contributed by atoms with Gasteiger partial charge in [0.05, 0.1) is 5.39 Å². The van der Waals surface area contributed by atoms with Crippen molar-refractivity contribution in [2.24, 2.45) is 0 Å². The van der Waals surface area contributed by atoms with Gasteiger partial charge in [-0.05, 0) is 24.6 Å². The highest BCUT2D eigenvalue weighted by Crippen LogP contribution is 2.34. The molecule has 0 unspecified atom stereocenters. The molecule has 1 fully saturated rings. The lowest BCUT2D eigenvalue weighted by molar-refractivity contribution is 0.533. The van der Waals surface area contributed by atoms with Gasteiger partial charge in [-0.2, -0.15) is 0 Å². The summed E-state index contributed by atoms with van der Waals surface area (Å²) in [5, 5.41) is 0.928. The van der Waals surface area contributed by atoms with Gasteiger partial charge in [0.2, 0.25) is 0 Å². The first kappa shape index (κ1) is 13.2. The second-order valence-corrected chi connectivity index (χ2v) is 5.50. The second kappa shape index (κ2) is 5.05. The van der Waals surface area contributed by atoms with Gasteiger partial charge in [0.15, 0.2) is 0 Å². The van der Waals surface area contributed by atoms with Gasteiger partial charge in [-0.3, -0.25) is 0 Å². The summed E-state index contributed by atoms with van der Waals surface area (Å²) in [6.07, 6.45) is 4.02. The highest BCUT2D eigenvalue weighted by atomic mass is 19.1. The number of nitrogens with zero attached hydrogens (tertiary/aromatic N) is 3. The minimum absolute atomic E-state index is 0.162. The Morgan fingerprint density at radius 2 is 1.95 bits per heavy atom. The molecular weight excluding hydrogens is 286 g/mol. The lowest BCUT2D eigenvalue weighted by Gasteiger charge is -2.18. The average molecular weight is 300 g/mol. The fraction of sp³-hybridized carbons (Fsp3) is 0.250. The zero-order valence-corrected chi connectivity index (χ0v) is 11.8. The molecule has 1 N–H and O–H groups in total. The number of rotatable bonds is 2. The minimum Gasteiger partial charge on any atom is -0.355 e. The predicted molar refractivity (Wildman–Crippen MR) is 79.8 cm³/mol. The molecule has 1 aliphatic heterocycles. The van der Waals surface area contributed by atoms with E-state index in [1.54, 1.807) is 0 Å². The zero-order valence-electron chi connectivity index (χ0n) is 11.8. The van der Waals surface area contributed by atoms with Crippen LogP contribution in [-0.4, -0.2) is 28.0 Å². The molecule has 3 aromatic rings. The molecule has 1 atom stereocenters. The summed E-state index contributed by atoms with van der Waals surface area (Å²) < 4.78 is 27.9. The molecule has 22 heavy (non-hydrogen) atoms. The number of hydrogen-bond donors (Lipinski definition) is 1. The van der Waals surface area contributed by atoms with E-state index >= 15 is 0 Å². The molecule has 0 aliphatic carbocycles. The molecular formula is C16H14F2N4. The molecule has 4 nitrogen and oxygen atoms in total. The molecule has 0 bridgehead atoms. The number of H-pyrrole nitrogens is 1. The van der Waals surface area contributed by atoms with Crippen LogP contribution in [0.2, 0.25) is 0 Å². The molecule has 0 spiro atoms. The van der Waals surface area contributed by atoms with Crippen molar-refractivity contribution in [2.45, 2.75) is 12.3 Å². The maximum Gasteiger partial charge on any atom is 0.142 e. The number of hydrogen-bond acceptors (Lipinski definition) is 3. The first-order valence-electron chi connectivity index (χ1n) is 7.21. The van der Waals surface area contributed by atoms with Gasteiger partial charge in [0.25, 0.3) is 0 Å². The Balaban J connectivity index is 1.67. The quantitative estimate of drug-likeness (QED) is 0.790. The lowest BCUT2D eigenvalue weighted by Crippen LogP contribution is -2.21. The molecule has 2 aromatic heterocycles. The molecule has 6 heteroatoms. The van der Waals surface area contributed by atoms with E-state index in [0.717, 1.165) is 23.4 Å². The average Bonchev–Trinajstić information content (AvgIpc) is 3.15. The van der Waals surface area contributed by atoms with Crippen LogP contribution >= 0.6 is 0 Å². The van der Waals surface area contributed by atoms with E-state index in [0.29, 0.717) is 13.0 Å². The van der Waals surface area contributed by atoms with E-state index in [1.165, 1.54) is 24.5 Å². The molecule has 0 radical (unpaired) electrons. The summed E-state index contributed by atoms with van der Waals surface area (Å²) in [4.78, 5) is 13.6. The first-order valence-corrected chi connectivity index (χ1v) is 7.21. The van der Waals surface area contributed by atoms with Crippen LogP contribution in [0.1, 0.15) is 17.9 Å². The van der Waals surface area contributed by atoms with Gasteiger partial charge < -0.3 is 9.88 Å². The van der Waals surface area contributed by atoms with Gasteiger partial charge in [0, 0.05) is 30.8 Å². The maximum absolute atomic E-state index is 13.9. The Morgan fingerprint density at radius 1 is 1.14 bits per heavy atom. The number of aromatic amines is 1. The Morgan fingerprint density at radius 3 is 2.77 bits per heavy atom. The van der Waals surface area contributed by atoms with Crippen molar-refractivity contribution in [3.8, 4) is 0 Å². The summed E-state index contributed by atoms with van der Waals surface area (Å²) in [5.41, 5.74) is 0.954. The van der Waals surface area contributed by atoms with Crippen LogP contribution in [0.4, 0.5) is 14.6 Å². The van der Waals surface area contributed by atoms with E-state index in [9.17, 15) is 8.78 Å². The van der Waals surface area contributed by atoms with Gasteiger partial charge in [-0.15, -0.1) is 0 Å². The van der Waals surface area contributed by atoms with Gasteiger partial charge in [0.1, 0.15) is 29.4 Å². The highest BCUT2D eigenvalue weighted by molar-refractivity contribution is 5.87. The Labute approximate surface area is 125 Å². The summed E-state index contributed by atoms with van der Waals surface area (Å²) >= 11 is 0. The first-order chi connectivity index (χ1) is 10.7. The van der Waals surface area contributed by atoms with E-state index in [2.05, 4.69) is 19.9 Å². The number of nitrogens with one attached hydrogen (secondary N) is 1. The van der Waals surface area contributed by atoms with Crippen molar-refractivity contribution in [3.63, 3.8) is 0 Å². The highest BCUT2D eigenvalue weighted by Gasteiger charge is 2.29. The molecule has 112 valence electrons. The Kier molecular flexibility index (Phi) is 3.03. The van der Waals surface area contributed by atoms with Crippen molar-refractivity contribution in [1.82, 2.24) is 15.0 Å². The number of fused-ring (bicyclic) bond motifs is 1. The smallest absolute Gasteiger partial charge is 0.142 e. The lowest BCUT2D eigenvalue weighted by atomic mass is 9.97. The Hall–Kier alpha value is -2.50. The van der Waals surface area contributed by atoms with Crippen LogP contribution in [0.25, 0.3) is 11.0 Å². The zero-order chi connectivity index (χ0) is 15.1. The van der Waals surface area contributed by atoms with Crippen LogP contribution in [0.15, 0.2) is 36.8 Å². The number of aromatic nitrogens is 3. The van der Waals surface area contributed by atoms with Crippen LogP contribution in [-0.2, 0) is 0 Å². The van der Waals surface area contributed by atoms with Crippen LogP contribution in [0.3, 0.4) is 0 Å². The molecule has 1 aliphatic rings. The third kappa shape index (κ3) is 2.03. The molecule has 0 saturated carbocycles. The van der Waals surface area contributed by atoms with E-state index in [1.807, 2.05) is 12.3 Å². The van der Waals surface area contributed by atoms with Gasteiger partial charge >= 0.3 is 0 Å². The third-order valence-corrected chi connectivity index (χ3v) is 4.23. The summed E-state index contributed by atoms with van der Waals surface area (Å²) in [7, 11) is 0. The predicted octanol–water partition coefficient (Wildman–Crippen LogP) is 3.23. The Bertz CT molecular complexity index is 810. The van der Waals surface area contributed by atoms with Crippen molar-refractivity contribution >= 4 is 16.9 Å². The number of benzene rings is 1. The maximum atomic E-state index is 13.9. The van der Waals surface area contributed by atoms with Crippen molar-refractivity contribution in [2.75, 3.05) is 18.0 Å². The van der Waals surface area contributed by atoms with Crippen molar-refractivity contribution in [3.05, 3.63) is 54.0 Å².